The minimum atomic E-state index is -0.636. The molecule has 0 spiro atoms. The molecule has 1 aromatic carbocycles. The standard InChI is InChI=1S/C18H18BrN7O4/c1-3-24-9-13(16(22-24)18(28)20-12-7-5-4-6-8-12)21-14(27)10-25-11(2)15(19)17(23-25)26(29)30/h4-9H,3,10H2,1-2H3,(H,20,28)(H,21,27). The summed E-state index contributed by atoms with van der Waals surface area (Å²) < 4.78 is 2.95. The van der Waals surface area contributed by atoms with Crippen molar-refractivity contribution < 1.29 is 14.5 Å². The van der Waals surface area contributed by atoms with Gasteiger partial charge in [0.25, 0.3) is 5.91 Å². The summed E-state index contributed by atoms with van der Waals surface area (Å²) in [6.45, 7) is 3.68. The van der Waals surface area contributed by atoms with Crippen LogP contribution in [0.25, 0.3) is 0 Å². The van der Waals surface area contributed by atoms with Gasteiger partial charge in [-0.3, -0.25) is 14.3 Å². The third kappa shape index (κ3) is 4.54. The van der Waals surface area contributed by atoms with Crippen LogP contribution in [0.5, 0.6) is 0 Å². The van der Waals surface area contributed by atoms with Gasteiger partial charge in [0.2, 0.25) is 5.91 Å². The topological polar surface area (TPSA) is 137 Å². The van der Waals surface area contributed by atoms with E-state index in [0.717, 1.165) is 0 Å². The summed E-state index contributed by atoms with van der Waals surface area (Å²) >= 11 is 3.11. The number of nitro groups is 1. The first kappa shape index (κ1) is 21.2. The Morgan fingerprint density at radius 1 is 1.20 bits per heavy atom. The van der Waals surface area contributed by atoms with Gasteiger partial charge in [-0.05, 0) is 46.8 Å². The van der Waals surface area contributed by atoms with Crippen molar-refractivity contribution in [3.8, 4) is 0 Å². The molecule has 0 atom stereocenters. The van der Waals surface area contributed by atoms with Crippen LogP contribution < -0.4 is 10.6 Å². The van der Waals surface area contributed by atoms with Crippen LogP contribution in [-0.2, 0) is 17.9 Å². The van der Waals surface area contributed by atoms with E-state index in [4.69, 9.17) is 0 Å². The molecule has 0 fully saturated rings. The van der Waals surface area contributed by atoms with Gasteiger partial charge in [-0.25, -0.2) is 0 Å². The van der Waals surface area contributed by atoms with Crippen LogP contribution in [0.3, 0.4) is 0 Å². The zero-order valence-corrected chi connectivity index (χ0v) is 17.7. The molecule has 2 heterocycles. The molecule has 11 nitrogen and oxygen atoms in total. The number of amides is 2. The predicted octanol–water partition coefficient (Wildman–Crippen LogP) is 2.97. The normalized spacial score (nSPS) is 10.6. The quantitative estimate of drug-likeness (QED) is 0.397. The van der Waals surface area contributed by atoms with Gasteiger partial charge in [0, 0.05) is 18.4 Å². The van der Waals surface area contributed by atoms with E-state index in [1.165, 1.54) is 9.36 Å². The number of rotatable bonds is 7. The summed E-state index contributed by atoms with van der Waals surface area (Å²) in [6.07, 6.45) is 1.55. The van der Waals surface area contributed by atoms with Crippen LogP contribution in [0, 0.1) is 17.0 Å². The number of hydrogen-bond donors (Lipinski definition) is 2. The smallest absolute Gasteiger partial charge is 0.358 e. The van der Waals surface area contributed by atoms with Crippen molar-refractivity contribution in [1.29, 1.82) is 0 Å². The molecule has 0 radical (unpaired) electrons. The summed E-state index contributed by atoms with van der Waals surface area (Å²) in [7, 11) is 0. The fourth-order valence-corrected chi connectivity index (χ4v) is 3.09. The van der Waals surface area contributed by atoms with E-state index >= 15 is 0 Å². The van der Waals surface area contributed by atoms with Crippen molar-refractivity contribution in [1.82, 2.24) is 19.6 Å². The lowest BCUT2D eigenvalue weighted by Gasteiger charge is -2.06. The van der Waals surface area contributed by atoms with E-state index in [0.29, 0.717) is 17.9 Å². The molecule has 2 amide bonds. The number of carbonyl (C=O) groups excluding carboxylic acids is 2. The first-order chi connectivity index (χ1) is 14.3. The highest BCUT2D eigenvalue weighted by Crippen LogP contribution is 2.27. The molecule has 156 valence electrons. The highest BCUT2D eigenvalue weighted by atomic mass is 79.9. The Kier molecular flexibility index (Phi) is 6.26. The highest BCUT2D eigenvalue weighted by molar-refractivity contribution is 9.10. The molecular weight excluding hydrogens is 458 g/mol. The summed E-state index contributed by atoms with van der Waals surface area (Å²) in [5.41, 5.74) is 1.31. The van der Waals surface area contributed by atoms with Crippen molar-refractivity contribution in [2.75, 3.05) is 10.6 Å². The molecule has 0 aliphatic rings. The highest BCUT2D eigenvalue weighted by Gasteiger charge is 2.25. The summed E-state index contributed by atoms with van der Waals surface area (Å²) in [6, 6.07) is 8.86. The summed E-state index contributed by atoms with van der Waals surface area (Å²) in [4.78, 5) is 35.6. The molecule has 0 bridgehead atoms. The molecule has 2 N–H and O–H groups in total. The second-order valence-electron chi connectivity index (χ2n) is 6.25. The third-order valence-electron chi connectivity index (χ3n) is 4.19. The number of anilines is 2. The first-order valence-electron chi connectivity index (χ1n) is 8.91. The van der Waals surface area contributed by atoms with Gasteiger partial charge in [-0.1, -0.05) is 18.2 Å². The van der Waals surface area contributed by atoms with Gasteiger partial charge in [0.15, 0.2) is 5.69 Å². The molecule has 0 unspecified atom stereocenters. The first-order valence-corrected chi connectivity index (χ1v) is 9.70. The molecule has 30 heavy (non-hydrogen) atoms. The maximum Gasteiger partial charge on any atom is 0.404 e. The van der Waals surface area contributed by atoms with E-state index in [2.05, 4.69) is 36.8 Å². The van der Waals surface area contributed by atoms with Crippen molar-refractivity contribution in [3.63, 3.8) is 0 Å². The number of benzene rings is 1. The van der Waals surface area contributed by atoms with Crippen molar-refractivity contribution in [2.45, 2.75) is 26.9 Å². The van der Waals surface area contributed by atoms with Gasteiger partial charge in [-0.15, -0.1) is 0 Å². The number of aromatic nitrogens is 4. The van der Waals surface area contributed by atoms with Gasteiger partial charge < -0.3 is 20.7 Å². The fraction of sp³-hybridized carbons (Fsp3) is 0.222. The number of para-hydroxylation sites is 1. The monoisotopic (exact) mass is 475 g/mol. The van der Waals surface area contributed by atoms with Crippen LogP contribution >= 0.6 is 15.9 Å². The Morgan fingerprint density at radius 3 is 2.50 bits per heavy atom. The Bertz CT molecular complexity index is 1110. The lowest BCUT2D eigenvalue weighted by atomic mass is 10.3. The number of nitrogens with one attached hydrogen (secondary N) is 2. The van der Waals surface area contributed by atoms with E-state index in [1.807, 2.05) is 13.0 Å². The molecule has 0 aliphatic carbocycles. The minimum Gasteiger partial charge on any atom is -0.358 e. The number of hydrogen-bond acceptors (Lipinski definition) is 6. The van der Waals surface area contributed by atoms with Crippen LogP contribution in [0.4, 0.5) is 17.2 Å². The average Bonchev–Trinajstić information content (AvgIpc) is 3.25. The predicted molar refractivity (Wildman–Crippen MR) is 112 cm³/mol. The second-order valence-corrected chi connectivity index (χ2v) is 7.05. The summed E-state index contributed by atoms with van der Waals surface area (Å²) in [5, 5.41) is 24.4. The molecule has 0 saturated carbocycles. The van der Waals surface area contributed by atoms with Crippen LogP contribution in [0.2, 0.25) is 0 Å². The molecular formula is C18H18BrN7O4. The third-order valence-corrected chi connectivity index (χ3v) is 5.12. The van der Waals surface area contributed by atoms with Crippen molar-refractivity contribution >= 4 is 44.9 Å². The van der Waals surface area contributed by atoms with E-state index in [1.54, 1.807) is 37.4 Å². The second kappa shape index (κ2) is 8.86. The zero-order chi connectivity index (χ0) is 21.8. The molecule has 12 heteroatoms. The Morgan fingerprint density at radius 2 is 1.90 bits per heavy atom. The minimum absolute atomic E-state index is 0.0541. The maximum absolute atomic E-state index is 12.6. The molecule has 0 saturated heterocycles. The molecule has 0 aliphatic heterocycles. The largest absolute Gasteiger partial charge is 0.404 e. The SMILES string of the molecule is CCn1cc(NC(=O)Cn2nc([N+](=O)[O-])c(Br)c2C)c(C(=O)Nc2ccccc2)n1. The zero-order valence-electron chi connectivity index (χ0n) is 16.1. The van der Waals surface area contributed by atoms with Crippen LogP contribution in [0.15, 0.2) is 41.0 Å². The fourth-order valence-electron chi connectivity index (χ4n) is 2.66. The van der Waals surface area contributed by atoms with E-state index in [-0.39, 0.29) is 28.2 Å². The van der Waals surface area contributed by atoms with Crippen LogP contribution in [-0.4, -0.2) is 36.3 Å². The van der Waals surface area contributed by atoms with Gasteiger partial charge in [0.05, 0.1) is 16.5 Å². The number of aryl methyl sites for hydroxylation is 1. The average molecular weight is 476 g/mol. The van der Waals surface area contributed by atoms with Crippen LogP contribution in [0.1, 0.15) is 23.1 Å². The molecule has 3 aromatic rings. The Hall–Kier alpha value is -3.54. The number of carbonyl (C=O) groups is 2. The number of nitrogens with zero attached hydrogens (tertiary/aromatic N) is 5. The van der Waals surface area contributed by atoms with E-state index in [9.17, 15) is 19.7 Å². The number of halogens is 1. The lowest BCUT2D eigenvalue weighted by Crippen LogP contribution is -2.22. The van der Waals surface area contributed by atoms with Gasteiger partial charge in [0.1, 0.15) is 11.0 Å². The molecule has 3 rings (SSSR count). The van der Waals surface area contributed by atoms with Crippen molar-refractivity contribution in [2.24, 2.45) is 0 Å². The van der Waals surface area contributed by atoms with Gasteiger partial charge >= 0.3 is 5.82 Å². The maximum atomic E-state index is 12.6. The summed E-state index contributed by atoms with van der Waals surface area (Å²) in [5.74, 6) is -1.35. The van der Waals surface area contributed by atoms with E-state index < -0.39 is 16.7 Å². The Labute approximate surface area is 179 Å². The lowest BCUT2D eigenvalue weighted by molar-refractivity contribution is -0.390. The van der Waals surface area contributed by atoms with Crippen molar-refractivity contribution in [3.05, 3.63) is 62.5 Å². The molecule has 2 aromatic heterocycles. The Balaban J connectivity index is 1.78. The van der Waals surface area contributed by atoms with Gasteiger partial charge in [-0.2, -0.15) is 9.78 Å².